The number of para-hydroxylation sites is 5. The van der Waals surface area contributed by atoms with E-state index in [0.29, 0.717) is 5.95 Å². The molecule has 1 unspecified atom stereocenters. The Morgan fingerprint density at radius 2 is 1.23 bits per heavy atom. The molecular formula is C51H33N3O2. The monoisotopic (exact) mass is 719 g/mol. The minimum atomic E-state index is -0.102. The van der Waals surface area contributed by atoms with Crippen LogP contribution in [0.2, 0.25) is 0 Å². The SMILES string of the molecule is CC1(c2ccccc2)C=CC(c2nc(-n3c4ccccc4c4c(-c5cccc6c5oc5ccccc56)cc5c6ccccc6oc5c43)nc3ccccc23)=CC1. The Balaban J connectivity index is 1.18. The van der Waals surface area contributed by atoms with Crippen molar-refractivity contribution in [1.82, 2.24) is 14.5 Å². The average molecular weight is 720 g/mol. The van der Waals surface area contributed by atoms with Crippen LogP contribution in [0.3, 0.4) is 0 Å². The van der Waals surface area contributed by atoms with Crippen molar-refractivity contribution < 1.29 is 8.83 Å². The predicted molar refractivity (Wildman–Crippen MR) is 229 cm³/mol. The number of nitrogens with zero attached hydrogens (tertiary/aromatic N) is 3. The summed E-state index contributed by atoms with van der Waals surface area (Å²) in [5.74, 6) is 0.594. The Morgan fingerprint density at radius 1 is 0.571 bits per heavy atom. The fraction of sp³-hybridized carbons (Fsp3) is 0.0588. The molecule has 0 saturated carbocycles. The van der Waals surface area contributed by atoms with Gasteiger partial charge in [-0.05, 0) is 53.5 Å². The summed E-state index contributed by atoms with van der Waals surface area (Å²) >= 11 is 0. The van der Waals surface area contributed by atoms with Gasteiger partial charge in [0.2, 0.25) is 5.95 Å². The van der Waals surface area contributed by atoms with Gasteiger partial charge >= 0.3 is 0 Å². The number of aromatic nitrogens is 3. The second-order valence-electron chi connectivity index (χ2n) is 15.1. The fourth-order valence-electron chi connectivity index (χ4n) is 9.03. The molecule has 5 heteroatoms. The van der Waals surface area contributed by atoms with E-state index in [1.807, 2.05) is 24.3 Å². The van der Waals surface area contributed by atoms with E-state index in [1.165, 1.54) is 5.56 Å². The Morgan fingerprint density at radius 3 is 2.02 bits per heavy atom. The van der Waals surface area contributed by atoms with Gasteiger partial charge in [-0.1, -0.05) is 146 Å². The van der Waals surface area contributed by atoms with E-state index in [4.69, 9.17) is 18.8 Å². The van der Waals surface area contributed by atoms with Crippen LogP contribution in [-0.2, 0) is 5.41 Å². The molecule has 12 rings (SSSR count). The third kappa shape index (κ3) is 4.42. The first kappa shape index (κ1) is 31.1. The molecule has 0 fully saturated rings. The second-order valence-corrected chi connectivity index (χ2v) is 15.1. The highest BCUT2D eigenvalue weighted by Gasteiger charge is 2.28. The van der Waals surface area contributed by atoms with E-state index in [-0.39, 0.29) is 5.41 Å². The molecule has 264 valence electrons. The summed E-state index contributed by atoms with van der Waals surface area (Å²) in [6.45, 7) is 2.30. The van der Waals surface area contributed by atoms with Gasteiger partial charge in [0.1, 0.15) is 22.3 Å². The maximum absolute atomic E-state index is 6.86. The lowest BCUT2D eigenvalue weighted by Crippen LogP contribution is -2.20. The van der Waals surface area contributed by atoms with Crippen LogP contribution in [0.5, 0.6) is 0 Å². The number of hydrogen-bond donors (Lipinski definition) is 0. The van der Waals surface area contributed by atoms with Crippen LogP contribution >= 0.6 is 0 Å². The van der Waals surface area contributed by atoms with Crippen molar-refractivity contribution in [3.8, 4) is 17.1 Å². The zero-order valence-corrected chi connectivity index (χ0v) is 30.5. The van der Waals surface area contributed by atoms with Crippen LogP contribution in [0, 0.1) is 0 Å². The highest BCUT2D eigenvalue weighted by Crippen LogP contribution is 2.47. The maximum Gasteiger partial charge on any atom is 0.235 e. The summed E-state index contributed by atoms with van der Waals surface area (Å²) in [5.41, 5.74) is 11.5. The average Bonchev–Trinajstić information content (AvgIpc) is 3.94. The number of hydrogen-bond acceptors (Lipinski definition) is 4. The molecule has 7 aromatic carbocycles. The standard InChI is InChI=1S/C51H33N3O2/c1-51(32-14-3-2-4-15-32)28-26-31(27-29-51)46-37-18-5-9-22-41(37)52-50(53-46)54-42-23-10-6-19-38(42)45-39(30-40-34-17-8-12-25-44(34)56-49(40)47(45)54)36-21-13-20-35-33-16-7-11-24-43(33)55-48(35)36/h2-28,30H,29H2,1H3. The zero-order chi connectivity index (χ0) is 37.0. The molecule has 5 nitrogen and oxygen atoms in total. The topological polar surface area (TPSA) is 57.0 Å². The summed E-state index contributed by atoms with van der Waals surface area (Å²) in [7, 11) is 0. The number of benzene rings is 7. The van der Waals surface area contributed by atoms with Crippen molar-refractivity contribution in [1.29, 1.82) is 0 Å². The number of furan rings is 2. The molecule has 1 aliphatic rings. The molecule has 4 heterocycles. The van der Waals surface area contributed by atoms with E-state index in [0.717, 1.165) is 105 Å². The van der Waals surface area contributed by atoms with Gasteiger partial charge in [-0.15, -0.1) is 0 Å². The largest absolute Gasteiger partial charge is 0.455 e. The maximum atomic E-state index is 6.86. The lowest BCUT2D eigenvalue weighted by molar-refractivity contribution is 0.601. The number of fused-ring (bicyclic) bond motifs is 11. The third-order valence-corrected chi connectivity index (χ3v) is 11.9. The molecule has 11 aromatic rings. The number of rotatable bonds is 4. The Hall–Kier alpha value is -7.24. The van der Waals surface area contributed by atoms with E-state index in [9.17, 15) is 0 Å². The van der Waals surface area contributed by atoms with Gasteiger partial charge in [0.25, 0.3) is 0 Å². The molecule has 56 heavy (non-hydrogen) atoms. The smallest absolute Gasteiger partial charge is 0.235 e. The molecule has 0 radical (unpaired) electrons. The first-order valence-corrected chi connectivity index (χ1v) is 19.1. The Labute approximate surface area is 321 Å². The predicted octanol–water partition coefficient (Wildman–Crippen LogP) is 13.5. The molecule has 0 spiro atoms. The van der Waals surface area contributed by atoms with Crippen LogP contribution in [0.25, 0.3) is 99.2 Å². The molecule has 1 aliphatic carbocycles. The van der Waals surface area contributed by atoms with Gasteiger partial charge in [0.05, 0.1) is 16.7 Å². The minimum Gasteiger partial charge on any atom is -0.455 e. The van der Waals surface area contributed by atoms with Crippen LogP contribution in [0.1, 0.15) is 24.6 Å². The summed E-state index contributed by atoms with van der Waals surface area (Å²) in [5, 5.41) is 7.44. The quantitative estimate of drug-likeness (QED) is 0.182. The molecule has 0 amide bonds. The second kappa shape index (κ2) is 11.6. The van der Waals surface area contributed by atoms with Crippen molar-refractivity contribution in [3.05, 3.63) is 181 Å². The molecule has 0 bridgehead atoms. The molecule has 0 saturated heterocycles. The first-order chi connectivity index (χ1) is 27.6. The van der Waals surface area contributed by atoms with Crippen molar-refractivity contribution in [2.45, 2.75) is 18.8 Å². The molecule has 4 aromatic heterocycles. The van der Waals surface area contributed by atoms with Crippen LogP contribution < -0.4 is 0 Å². The Kier molecular flexibility index (Phi) is 6.47. The lowest BCUT2D eigenvalue weighted by atomic mass is 9.76. The van der Waals surface area contributed by atoms with Gasteiger partial charge in [-0.25, -0.2) is 9.97 Å². The van der Waals surface area contributed by atoms with E-state index < -0.39 is 0 Å². The van der Waals surface area contributed by atoms with Gasteiger partial charge in [0, 0.05) is 48.7 Å². The normalized spacial score (nSPS) is 16.0. The van der Waals surface area contributed by atoms with Crippen molar-refractivity contribution in [3.63, 3.8) is 0 Å². The summed E-state index contributed by atoms with van der Waals surface area (Å²) in [4.78, 5) is 10.8. The van der Waals surface area contributed by atoms with Crippen LogP contribution in [0.15, 0.2) is 179 Å². The van der Waals surface area contributed by atoms with Gasteiger partial charge in [-0.3, -0.25) is 4.57 Å². The molecule has 0 N–H and O–H groups in total. The Bertz CT molecular complexity index is 3470. The van der Waals surface area contributed by atoms with E-state index in [1.54, 1.807) is 0 Å². The highest BCUT2D eigenvalue weighted by molar-refractivity contribution is 6.27. The third-order valence-electron chi connectivity index (χ3n) is 11.9. The first-order valence-electron chi connectivity index (χ1n) is 19.1. The van der Waals surface area contributed by atoms with E-state index in [2.05, 4.69) is 157 Å². The van der Waals surface area contributed by atoms with Crippen LogP contribution in [0.4, 0.5) is 0 Å². The van der Waals surface area contributed by atoms with E-state index >= 15 is 0 Å². The van der Waals surface area contributed by atoms with Crippen molar-refractivity contribution in [2.75, 3.05) is 0 Å². The van der Waals surface area contributed by atoms with Gasteiger partial charge < -0.3 is 8.83 Å². The fourth-order valence-corrected chi connectivity index (χ4v) is 9.03. The molecule has 1 atom stereocenters. The van der Waals surface area contributed by atoms with Crippen molar-refractivity contribution >= 4 is 82.2 Å². The highest BCUT2D eigenvalue weighted by atomic mass is 16.3. The summed E-state index contributed by atoms with van der Waals surface area (Å²) in [6.07, 6.45) is 7.77. The zero-order valence-electron chi connectivity index (χ0n) is 30.5. The van der Waals surface area contributed by atoms with Gasteiger partial charge in [0.15, 0.2) is 5.58 Å². The van der Waals surface area contributed by atoms with Crippen molar-refractivity contribution in [2.24, 2.45) is 0 Å². The summed E-state index contributed by atoms with van der Waals surface area (Å²) in [6, 6.07) is 52.9. The molecular weight excluding hydrogens is 687 g/mol. The van der Waals surface area contributed by atoms with Gasteiger partial charge in [-0.2, -0.15) is 0 Å². The minimum absolute atomic E-state index is 0.102. The number of allylic oxidation sites excluding steroid dienone is 4. The lowest BCUT2D eigenvalue weighted by Gasteiger charge is -2.28. The summed E-state index contributed by atoms with van der Waals surface area (Å²) < 4.78 is 15.8. The molecule has 0 aliphatic heterocycles. The van der Waals surface area contributed by atoms with Crippen LogP contribution in [-0.4, -0.2) is 14.5 Å².